The monoisotopic (exact) mass is 349 g/mol. The fourth-order valence-corrected chi connectivity index (χ4v) is 2.67. The second kappa shape index (κ2) is 5.40. The van der Waals surface area contributed by atoms with Crippen LogP contribution in [0.2, 0.25) is 9.36 Å². The van der Waals surface area contributed by atoms with Crippen LogP contribution in [0.4, 0.5) is 5.69 Å². The lowest BCUT2D eigenvalue weighted by Crippen LogP contribution is -2.10. The zero-order valence-corrected chi connectivity index (χ0v) is 12.3. The van der Waals surface area contributed by atoms with Gasteiger partial charge in [-0.2, -0.15) is 0 Å². The van der Waals surface area contributed by atoms with Crippen molar-refractivity contribution in [2.24, 2.45) is 0 Å². The van der Waals surface area contributed by atoms with Gasteiger partial charge in [0.2, 0.25) is 0 Å². The predicted molar refractivity (Wildman–Crippen MR) is 76.4 cm³/mol. The Labute approximate surface area is 121 Å². The molecule has 0 saturated carbocycles. The average Bonchev–Trinajstić information content (AvgIpc) is 2.70. The zero-order chi connectivity index (χ0) is 12.4. The highest BCUT2D eigenvalue weighted by atomic mass is 79.9. The average molecular weight is 351 g/mol. The summed E-state index contributed by atoms with van der Waals surface area (Å²) >= 11 is 16.2. The van der Waals surface area contributed by atoms with Gasteiger partial charge < -0.3 is 5.32 Å². The van der Waals surface area contributed by atoms with Crippen LogP contribution in [0.25, 0.3) is 0 Å². The zero-order valence-electron chi connectivity index (χ0n) is 8.34. The number of hydrogen-bond donors (Lipinski definition) is 1. The van der Waals surface area contributed by atoms with E-state index in [1.807, 2.05) is 0 Å². The maximum atomic E-state index is 11.9. The van der Waals surface area contributed by atoms with E-state index >= 15 is 0 Å². The lowest BCUT2D eigenvalue weighted by molar-refractivity contribution is 0.103. The third-order valence-corrected chi connectivity index (χ3v) is 4.13. The predicted octanol–water partition coefficient (Wildman–Crippen LogP) is 5.07. The van der Waals surface area contributed by atoms with Gasteiger partial charge in [0.1, 0.15) is 0 Å². The first-order valence-corrected chi connectivity index (χ1v) is 6.94. The van der Waals surface area contributed by atoms with Crippen LogP contribution >= 0.6 is 50.5 Å². The SMILES string of the molecule is O=C(Nc1cc(Cl)ccc1Br)c1ccc(Cl)s1. The summed E-state index contributed by atoms with van der Waals surface area (Å²) in [5.41, 5.74) is 0.632. The molecule has 1 aromatic heterocycles. The van der Waals surface area contributed by atoms with E-state index in [0.29, 0.717) is 19.9 Å². The molecule has 1 N–H and O–H groups in total. The summed E-state index contributed by atoms with van der Waals surface area (Å²) in [6.07, 6.45) is 0. The molecular formula is C11H6BrCl2NOS. The molecule has 0 fully saturated rings. The van der Waals surface area contributed by atoms with Gasteiger partial charge in [0.05, 0.1) is 14.9 Å². The van der Waals surface area contributed by atoms with Gasteiger partial charge in [-0.15, -0.1) is 11.3 Å². The molecule has 2 nitrogen and oxygen atoms in total. The molecule has 1 aromatic carbocycles. The number of nitrogens with one attached hydrogen (secondary N) is 1. The topological polar surface area (TPSA) is 29.1 Å². The summed E-state index contributed by atoms with van der Waals surface area (Å²) in [5, 5.41) is 3.32. The number of anilines is 1. The van der Waals surface area contributed by atoms with Crippen LogP contribution in [-0.4, -0.2) is 5.91 Å². The van der Waals surface area contributed by atoms with E-state index in [9.17, 15) is 4.79 Å². The minimum absolute atomic E-state index is 0.204. The van der Waals surface area contributed by atoms with Gasteiger partial charge >= 0.3 is 0 Å². The molecule has 0 aliphatic carbocycles. The molecule has 1 heterocycles. The number of thiophene rings is 1. The second-order valence-electron chi connectivity index (χ2n) is 3.18. The molecule has 0 radical (unpaired) electrons. The van der Waals surface area contributed by atoms with Crippen LogP contribution in [-0.2, 0) is 0 Å². The quantitative estimate of drug-likeness (QED) is 0.804. The Morgan fingerprint density at radius 1 is 1.24 bits per heavy atom. The van der Waals surface area contributed by atoms with Crippen LogP contribution in [0.15, 0.2) is 34.8 Å². The minimum Gasteiger partial charge on any atom is -0.320 e. The Hall–Kier alpha value is -0.550. The minimum atomic E-state index is -0.204. The van der Waals surface area contributed by atoms with E-state index in [0.717, 1.165) is 4.47 Å². The van der Waals surface area contributed by atoms with Crippen LogP contribution in [0, 0.1) is 0 Å². The van der Waals surface area contributed by atoms with Gasteiger partial charge in [-0.1, -0.05) is 23.2 Å². The van der Waals surface area contributed by atoms with Gasteiger partial charge in [0.25, 0.3) is 5.91 Å². The number of hydrogen-bond acceptors (Lipinski definition) is 2. The Kier molecular flexibility index (Phi) is 4.09. The molecule has 0 unspecified atom stereocenters. The summed E-state index contributed by atoms with van der Waals surface area (Å²) < 4.78 is 1.36. The highest BCUT2D eigenvalue weighted by Crippen LogP contribution is 2.28. The Balaban J connectivity index is 2.21. The van der Waals surface area contributed by atoms with Crippen LogP contribution in [0.1, 0.15) is 9.67 Å². The van der Waals surface area contributed by atoms with Crippen molar-refractivity contribution in [1.29, 1.82) is 0 Å². The first-order chi connectivity index (χ1) is 8.06. The lowest BCUT2D eigenvalue weighted by Gasteiger charge is -2.06. The number of benzene rings is 1. The highest BCUT2D eigenvalue weighted by Gasteiger charge is 2.10. The van der Waals surface area contributed by atoms with Crippen molar-refractivity contribution in [3.63, 3.8) is 0 Å². The van der Waals surface area contributed by atoms with Crippen molar-refractivity contribution in [1.82, 2.24) is 0 Å². The van der Waals surface area contributed by atoms with Gasteiger partial charge in [0, 0.05) is 9.50 Å². The molecule has 2 aromatic rings. The normalized spacial score (nSPS) is 10.3. The molecule has 0 aliphatic rings. The molecule has 0 spiro atoms. The molecule has 6 heteroatoms. The van der Waals surface area contributed by atoms with Crippen molar-refractivity contribution in [3.8, 4) is 0 Å². The van der Waals surface area contributed by atoms with Crippen molar-refractivity contribution < 1.29 is 4.79 Å². The molecule has 0 saturated heterocycles. The Morgan fingerprint density at radius 2 is 2.00 bits per heavy atom. The summed E-state index contributed by atoms with van der Waals surface area (Å²) in [4.78, 5) is 12.4. The van der Waals surface area contributed by atoms with Crippen molar-refractivity contribution >= 4 is 62.1 Å². The number of carbonyl (C=O) groups is 1. The standard InChI is InChI=1S/C11H6BrCl2NOS/c12-7-2-1-6(13)5-8(7)15-11(16)9-3-4-10(14)17-9/h1-5H,(H,15,16). The van der Waals surface area contributed by atoms with Crippen LogP contribution < -0.4 is 5.32 Å². The van der Waals surface area contributed by atoms with E-state index in [1.165, 1.54) is 11.3 Å². The molecule has 88 valence electrons. The number of carbonyl (C=O) groups excluding carboxylic acids is 1. The van der Waals surface area contributed by atoms with Gasteiger partial charge in [0.15, 0.2) is 0 Å². The molecule has 0 atom stereocenters. The fraction of sp³-hybridized carbons (Fsp3) is 0. The first-order valence-electron chi connectivity index (χ1n) is 4.58. The largest absolute Gasteiger partial charge is 0.320 e. The van der Waals surface area contributed by atoms with Gasteiger partial charge in [-0.05, 0) is 46.3 Å². The molecule has 0 bridgehead atoms. The maximum Gasteiger partial charge on any atom is 0.265 e. The molecule has 17 heavy (non-hydrogen) atoms. The van der Waals surface area contributed by atoms with Crippen LogP contribution in [0.3, 0.4) is 0 Å². The van der Waals surface area contributed by atoms with Gasteiger partial charge in [-0.3, -0.25) is 4.79 Å². The lowest BCUT2D eigenvalue weighted by atomic mass is 10.3. The summed E-state index contributed by atoms with van der Waals surface area (Å²) in [7, 11) is 0. The number of rotatable bonds is 2. The third kappa shape index (κ3) is 3.22. The Bertz CT molecular complexity index is 570. The summed E-state index contributed by atoms with van der Waals surface area (Å²) in [6.45, 7) is 0. The molecule has 1 amide bonds. The Morgan fingerprint density at radius 3 is 2.65 bits per heavy atom. The van der Waals surface area contributed by atoms with E-state index in [-0.39, 0.29) is 5.91 Å². The second-order valence-corrected chi connectivity index (χ2v) is 6.19. The first kappa shape index (κ1) is 12.9. The smallest absolute Gasteiger partial charge is 0.265 e. The third-order valence-electron chi connectivity index (χ3n) is 1.97. The molecule has 2 rings (SSSR count). The van der Waals surface area contributed by atoms with Gasteiger partial charge in [-0.25, -0.2) is 0 Å². The highest BCUT2D eigenvalue weighted by molar-refractivity contribution is 9.10. The number of halogens is 3. The van der Waals surface area contributed by atoms with Crippen molar-refractivity contribution in [2.75, 3.05) is 5.32 Å². The van der Waals surface area contributed by atoms with E-state index in [2.05, 4.69) is 21.2 Å². The molecular weight excluding hydrogens is 345 g/mol. The van der Waals surface area contributed by atoms with E-state index in [1.54, 1.807) is 30.3 Å². The fourth-order valence-electron chi connectivity index (χ4n) is 1.21. The summed E-state index contributed by atoms with van der Waals surface area (Å²) in [5.74, 6) is -0.204. The number of amides is 1. The summed E-state index contributed by atoms with van der Waals surface area (Å²) in [6, 6.07) is 8.57. The van der Waals surface area contributed by atoms with Crippen LogP contribution in [0.5, 0.6) is 0 Å². The van der Waals surface area contributed by atoms with E-state index in [4.69, 9.17) is 23.2 Å². The van der Waals surface area contributed by atoms with Crippen molar-refractivity contribution in [3.05, 3.63) is 49.0 Å². The maximum absolute atomic E-state index is 11.9. The van der Waals surface area contributed by atoms with E-state index < -0.39 is 0 Å². The van der Waals surface area contributed by atoms with Crippen molar-refractivity contribution in [2.45, 2.75) is 0 Å². The molecule has 0 aliphatic heterocycles.